The number of carbonyl (C=O) groups excluding carboxylic acids is 1. The zero-order valence-electron chi connectivity index (χ0n) is 12.1. The van der Waals surface area contributed by atoms with Crippen molar-refractivity contribution in [2.75, 3.05) is 4.90 Å². The molecule has 0 bridgehead atoms. The highest BCUT2D eigenvalue weighted by atomic mass is 32.2. The van der Waals surface area contributed by atoms with Crippen molar-refractivity contribution in [3.05, 3.63) is 59.7 Å². The molecular formula is C16H16N2O3S. The van der Waals surface area contributed by atoms with Crippen LogP contribution in [0.25, 0.3) is 0 Å². The van der Waals surface area contributed by atoms with E-state index in [-0.39, 0.29) is 16.8 Å². The molecule has 0 aliphatic carbocycles. The zero-order chi connectivity index (χ0) is 15.9. The van der Waals surface area contributed by atoms with Crippen molar-refractivity contribution in [3.8, 4) is 0 Å². The SMILES string of the molecule is C[C@H]1Cc2cc(S(N)(=O)=O)ccc2N1C(=O)c1ccccc1. The van der Waals surface area contributed by atoms with Crippen LogP contribution >= 0.6 is 0 Å². The highest BCUT2D eigenvalue weighted by molar-refractivity contribution is 7.89. The molecule has 6 heteroatoms. The highest BCUT2D eigenvalue weighted by Gasteiger charge is 2.32. The first kappa shape index (κ1) is 14.7. The zero-order valence-corrected chi connectivity index (χ0v) is 12.9. The van der Waals surface area contributed by atoms with Gasteiger partial charge in [-0.15, -0.1) is 0 Å². The number of sulfonamides is 1. The summed E-state index contributed by atoms with van der Waals surface area (Å²) in [6.07, 6.45) is 0.608. The van der Waals surface area contributed by atoms with Crippen LogP contribution in [0.3, 0.4) is 0 Å². The molecule has 3 rings (SSSR count). The Morgan fingerprint density at radius 3 is 2.50 bits per heavy atom. The standard InChI is InChI=1S/C16H16N2O3S/c1-11-9-13-10-14(22(17,20)21)7-8-15(13)18(11)16(19)12-5-3-2-4-6-12/h2-8,10-11H,9H2,1H3,(H2,17,20,21)/t11-/m0/s1. The summed E-state index contributed by atoms with van der Waals surface area (Å²) in [5, 5.41) is 5.16. The number of hydrogen-bond acceptors (Lipinski definition) is 3. The molecule has 2 N–H and O–H groups in total. The maximum atomic E-state index is 12.7. The Balaban J connectivity index is 2.02. The minimum atomic E-state index is -3.74. The second kappa shape index (κ2) is 5.23. The summed E-state index contributed by atoms with van der Waals surface area (Å²) in [4.78, 5) is 14.5. The predicted molar refractivity (Wildman–Crippen MR) is 84.2 cm³/mol. The summed E-state index contributed by atoms with van der Waals surface area (Å²) in [5.41, 5.74) is 2.18. The van der Waals surface area contributed by atoms with Crippen LogP contribution in [-0.2, 0) is 16.4 Å². The van der Waals surface area contributed by atoms with E-state index in [1.54, 1.807) is 29.2 Å². The molecule has 0 radical (unpaired) electrons. The molecule has 0 saturated carbocycles. The van der Waals surface area contributed by atoms with E-state index in [0.717, 1.165) is 11.3 Å². The molecular weight excluding hydrogens is 300 g/mol. The number of carbonyl (C=O) groups is 1. The summed E-state index contributed by atoms with van der Waals surface area (Å²) in [7, 11) is -3.74. The number of nitrogens with zero attached hydrogens (tertiary/aromatic N) is 1. The summed E-state index contributed by atoms with van der Waals surface area (Å²) in [6.45, 7) is 1.94. The van der Waals surface area contributed by atoms with Crippen LogP contribution < -0.4 is 10.0 Å². The fourth-order valence-electron chi connectivity index (χ4n) is 2.81. The lowest BCUT2D eigenvalue weighted by atomic mass is 10.1. The molecule has 5 nitrogen and oxygen atoms in total. The first-order valence-corrected chi connectivity index (χ1v) is 8.47. The summed E-state index contributed by atoms with van der Waals surface area (Å²) < 4.78 is 22.9. The van der Waals surface area contributed by atoms with Gasteiger partial charge in [0.1, 0.15) is 0 Å². The molecule has 114 valence electrons. The van der Waals surface area contributed by atoms with Crippen LogP contribution in [0.1, 0.15) is 22.8 Å². The number of hydrogen-bond donors (Lipinski definition) is 1. The van der Waals surface area contributed by atoms with Gasteiger partial charge in [0, 0.05) is 17.3 Å². The molecule has 0 saturated heterocycles. The average molecular weight is 316 g/mol. The van der Waals surface area contributed by atoms with Crippen molar-refractivity contribution in [2.24, 2.45) is 5.14 Å². The van der Waals surface area contributed by atoms with Crippen LogP contribution in [0.4, 0.5) is 5.69 Å². The predicted octanol–water partition coefficient (Wildman–Crippen LogP) is 1.93. The van der Waals surface area contributed by atoms with E-state index in [9.17, 15) is 13.2 Å². The molecule has 0 aromatic heterocycles. The van der Waals surface area contributed by atoms with Gasteiger partial charge in [0.2, 0.25) is 10.0 Å². The van der Waals surface area contributed by atoms with E-state index in [0.29, 0.717) is 12.0 Å². The summed E-state index contributed by atoms with van der Waals surface area (Å²) in [5.74, 6) is -0.0878. The van der Waals surface area contributed by atoms with Crippen molar-refractivity contribution >= 4 is 21.6 Å². The van der Waals surface area contributed by atoms with E-state index >= 15 is 0 Å². The van der Waals surface area contributed by atoms with Gasteiger partial charge in [-0.2, -0.15) is 0 Å². The number of rotatable bonds is 2. The van der Waals surface area contributed by atoms with Gasteiger partial charge in [-0.1, -0.05) is 18.2 Å². The number of anilines is 1. The van der Waals surface area contributed by atoms with Gasteiger partial charge in [-0.25, -0.2) is 13.6 Å². The van der Waals surface area contributed by atoms with E-state index < -0.39 is 10.0 Å². The second-order valence-corrected chi connectivity index (χ2v) is 6.99. The van der Waals surface area contributed by atoms with Gasteiger partial charge in [0.15, 0.2) is 0 Å². The monoisotopic (exact) mass is 316 g/mol. The molecule has 0 unspecified atom stereocenters. The topological polar surface area (TPSA) is 80.5 Å². The maximum absolute atomic E-state index is 12.7. The van der Waals surface area contributed by atoms with Crippen molar-refractivity contribution in [2.45, 2.75) is 24.3 Å². The lowest BCUT2D eigenvalue weighted by molar-refractivity contribution is 0.0981. The van der Waals surface area contributed by atoms with Crippen molar-refractivity contribution < 1.29 is 13.2 Å². The van der Waals surface area contributed by atoms with Gasteiger partial charge < -0.3 is 4.90 Å². The fraction of sp³-hybridized carbons (Fsp3) is 0.188. The van der Waals surface area contributed by atoms with E-state index in [1.165, 1.54) is 6.07 Å². The molecule has 2 aromatic carbocycles. The molecule has 1 amide bonds. The van der Waals surface area contributed by atoms with E-state index in [1.807, 2.05) is 25.1 Å². The van der Waals surface area contributed by atoms with Crippen LogP contribution in [0.5, 0.6) is 0 Å². The third kappa shape index (κ3) is 2.51. The molecule has 1 aliphatic rings. The molecule has 1 heterocycles. The molecule has 0 fully saturated rings. The van der Waals surface area contributed by atoms with Gasteiger partial charge in [-0.3, -0.25) is 4.79 Å². The van der Waals surface area contributed by atoms with E-state index in [2.05, 4.69) is 0 Å². The van der Waals surface area contributed by atoms with Gasteiger partial charge in [0.25, 0.3) is 5.91 Å². The Morgan fingerprint density at radius 2 is 1.86 bits per heavy atom. The molecule has 2 aromatic rings. The van der Waals surface area contributed by atoms with Gasteiger partial charge >= 0.3 is 0 Å². The quantitative estimate of drug-likeness (QED) is 0.919. The smallest absolute Gasteiger partial charge is 0.258 e. The number of benzene rings is 2. The number of primary sulfonamides is 1. The van der Waals surface area contributed by atoms with Gasteiger partial charge in [-0.05, 0) is 49.2 Å². The fourth-order valence-corrected chi connectivity index (χ4v) is 3.38. The van der Waals surface area contributed by atoms with E-state index in [4.69, 9.17) is 5.14 Å². The minimum Gasteiger partial charge on any atom is -0.305 e. The van der Waals surface area contributed by atoms with Crippen molar-refractivity contribution in [1.29, 1.82) is 0 Å². The molecule has 1 aliphatic heterocycles. The van der Waals surface area contributed by atoms with Crippen LogP contribution in [0, 0.1) is 0 Å². The average Bonchev–Trinajstić information content (AvgIpc) is 2.81. The lowest BCUT2D eigenvalue weighted by Gasteiger charge is -2.22. The Hall–Kier alpha value is -2.18. The summed E-state index contributed by atoms with van der Waals surface area (Å²) in [6, 6.07) is 13.7. The number of nitrogens with two attached hydrogens (primary N) is 1. The third-order valence-corrected chi connectivity index (χ3v) is 4.75. The maximum Gasteiger partial charge on any atom is 0.258 e. The highest BCUT2D eigenvalue weighted by Crippen LogP contribution is 2.34. The van der Waals surface area contributed by atoms with Crippen molar-refractivity contribution in [3.63, 3.8) is 0 Å². The second-order valence-electron chi connectivity index (χ2n) is 5.43. The minimum absolute atomic E-state index is 0.0292. The normalized spacial score (nSPS) is 17.4. The van der Waals surface area contributed by atoms with Crippen molar-refractivity contribution in [1.82, 2.24) is 0 Å². The van der Waals surface area contributed by atoms with Crippen LogP contribution in [0.2, 0.25) is 0 Å². The lowest BCUT2D eigenvalue weighted by Crippen LogP contribution is -2.35. The van der Waals surface area contributed by atoms with Gasteiger partial charge in [0.05, 0.1) is 4.90 Å². The first-order chi connectivity index (χ1) is 10.4. The molecule has 1 atom stereocenters. The Bertz CT molecular complexity index is 832. The Morgan fingerprint density at radius 1 is 1.18 bits per heavy atom. The van der Waals surface area contributed by atoms with Crippen LogP contribution in [0.15, 0.2) is 53.4 Å². The summed E-state index contributed by atoms with van der Waals surface area (Å²) >= 11 is 0. The molecule has 22 heavy (non-hydrogen) atoms. The molecule has 0 spiro atoms. The Kier molecular flexibility index (Phi) is 3.50. The third-order valence-electron chi connectivity index (χ3n) is 3.83. The van der Waals surface area contributed by atoms with Crippen LogP contribution in [-0.4, -0.2) is 20.4 Å². The number of amides is 1. The largest absolute Gasteiger partial charge is 0.305 e. The Labute approximate surface area is 129 Å². The first-order valence-electron chi connectivity index (χ1n) is 6.92. The number of fused-ring (bicyclic) bond motifs is 1.